The van der Waals surface area contributed by atoms with Crippen molar-refractivity contribution in [3.05, 3.63) is 59.3 Å². The van der Waals surface area contributed by atoms with E-state index in [1.54, 1.807) is 0 Å². The van der Waals surface area contributed by atoms with Gasteiger partial charge in [-0.2, -0.15) is 26.3 Å². The van der Waals surface area contributed by atoms with Crippen LogP contribution in [0.15, 0.2) is 47.6 Å². The third-order valence-corrected chi connectivity index (χ3v) is 3.93. The van der Waals surface area contributed by atoms with E-state index in [1.807, 2.05) is 0 Å². The highest BCUT2D eigenvalue weighted by atomic mass is 32.2. The first-order valence-corrected chi connectivity index (χ1v) is 7.43. The fourth-order valence-electron chi connectivity index (χ4n) is 1.81. The van der Waals surface area contributed by atoms with Crippen molar-refractivity contribution in [1.29, 1.82) is 0 Å². The molecule has 1 heterocycles. The molecule has 1 aromatic carbocycles. The highest BCUT2D eigenvalue weighted by molar-refractivity contribution is 8.00. The minimum Gasteiger partial charge on any atom is -0.293 e. The Morgan fingerprint density at radius 3 is 2.33 bits per heavy atom. The lowest BCUT2D eigenvalue weighted by molar-refractivity contribution is -0.140. The zero-order valence-electron chi connectivity index (χ0n) is 11.8. The van der Waals surface area contributed by atoms with Crippen LogP contribution in [-0.4, -0.2) is 16.5 Å². The van der Waals surface area contributed by atoms with Crippen LogP contribution in [0.2, 0.25) is 0 Å². The minimum absolute atomic E-state index is 0.221. The van der Waals surface area contributed by atoms with Gasteiger partial charge >= 0.3 is 12.4 Å². The van der Waals surface area contributed by atoms with Gasteiger partial charge in [0.25, 0.3) is 0 Å². The number of halogens is 6. The van der Waals surface area contributed by atoms with Gasteiger partial charge in [0.1, 0.15) is 5.03 Å². The number of hydrogen-bond donors (Lipinski definition) is 0. The predicted octanol–water partition coefficient (Wildman–Crippen LogP) is 5.09. The summed E-state index contributed by atoms with van der Waals surface area (Å²) < 4.78 is 76.3. The number of pyridine rings is 1. The number of Topliss-reactive ketones (excluding diaryl/α,β-unsaturated/α-hetero) is 1. The van der Waals surface area contributed by atoms with Crippen LogP contribution in [0.4, 0.5) is 26.3 Å². The lowest BCUT2D eigenvalue weighted by atomic mass is 10.1. The van der Waals surface area contributed by atoms with Gasteiger partial charge < -0.3 is 0 Å². The SMILES string of the molecule is O=C(CSc1ncccc1C(F)(F)F)c1cccc(C(F)(F)F)c1. The first kappa shape index (κ1) is 18.3. The zero-order chi connectivity index (χ0) is 18.0. The number of benzene rings is 1. The maximum Gasteiger partial charge on any atom is 0.419 e. The number of aromatic nitrogens is 1. The summed E-state index contributed by atoms with van der Waals surface area (Å²) in [5, 5.41) is -0.398. The second-order valence-corrected chi connectivity index (χ2v) is 5.61. The van der Waals surface area contributed by atoms with Crippen molar-refractivity contribution in [3.8, 4) is 0 Å². The average molecular weight is 365 g/mol. The molecule has 2 nitrogen and oxygen atoms in total. The number of ketones is 1. The summed E-state index contributed by atoms with van der Waals surface area (Å²) in [4.78, 5) is 15.5. The average Bonchev–Trinajstić information content (AvgIpc) is 2.51. The topological polar surface area (TPSA) is 30.0 Å². The number of alkyl halides is 6. The Hall–Kier alpha value is -2.03. The summed E-state index contributed by atoms with van der Waals surface area (Å²) in [6.07, 6.45) is -8.09. The van der Waals surface area contributed by atoms with Crippen LogP contribution in [-0.2, 0) is 12.4 Å². The second kappa shape index (κ2) is 6.84. The molecule has 0 atom stereocenters. The third-order valence-electron chi connectivity index (χ3n) is 2.93. The molecule has 0 bridgehead atoms. The van der Waals surface area contributed by atoms with Crippen LogP contribution in [0.25, 0.3) is 0 Å². The van der Waals surface area contributed by atoms with Crippen molar-refractivity contribution in [2.24, 2.45) is 0 Å². The van der Waals surface area contributed by atoms with Crippen LogP contribution in [0, 0.1) is 0 Å². The highest BCUT2D eigenvalue weighted by Crippen LogP contribution is 2.35. The number of carbonyl (C=O) groups excluding carboxylic acids is 1. The molecule has 2 aromatic rings. The number of nitrogens with zero attached hydrogens (tertiary/aromatic N) is 1. The Labute approximate surface area is 136 Å². The van der Waals surface area contributed by atoms with Crippen LogP contribution >= 0.6 is 11.8 Å². The van der Waals surface area contributed by atoms with Gasteiger partial charge in [-0.25, -0.2) is 4.98 Å². The van der Waals surface area contributed by atoms with Crippen molar-refractivity contribution in [2.75, 3.05) is 5.75 Å². The standard InChI is InChI=1S/C15H9F6NOS/c16-14(17,18)10-4-1-3-9(7-10)12(23)8-24-13-11(15(19,20)21)5-2-6-22-13/h1-7H,8H2. The maximum atomic E-state index is 12.8. The number of hydrogen-bond acceptors (Lipinski definition) is 3. The van der Waals surface area contributed by atoms with Crippen molar-refractivity contribution in [2.45, 2.75) is 17.4 Å². The van der Waals surface area contributed by atoms with Gasteiger partial charge in [0, 0.05) is 11.8 Å². The number of thioether (sulfide) groups is 1. The molecule has 0 fully saturated rings. The lowest BCUT2D eigenvalue weighted by Crippen LogP contribution is -2.10. The fourth-order valence-corrected chi connectivity index (χ4v) is 2.72. The molecule has 0 aliphatic rings. The first-order chi connectivity index (χ1) is 11.1. The van der Waals surface area contributed by atoms with Crippen LogP contribution in [0.5, 0.6) is 0 Å². The van der Waals surface area contributed by atoms with E-state index < -0.39 is 40.0 Å². The van der Waals surface area contributed by atoms with Crippen molar-refractivity contribution in [3.63, 3.8) is 0 Å². The highest BCUT2D eigenvalue weighted by Gasteiger charge is 2.34. The summed E-state index contributed by atoms with van der Waals surface area (Å²) in [5.74, 6) is -1.17. The Morgan fingerprint density at radius 1 is 1.00 bits per heavy atom. The van der Waals surface area contributed by atoms with Gasteiger partial charge in [0.05, 0.1) is 16.9 Å². The lowest BCUT2D eigenvalue weighted by Gasteiger charge is -2.11. The van der Waals surface area contributed by atoms with Gasteiger partial charge in [0.2, 0.25) is 0 Å². The normalized spacial score (nSPS) is 12.2. The van der Waals surface area contributed by atoms with E-state index in [2.05, 4.69) is 4.98 Å². The van der Waals surface area contributed by atoms with Crippen molar-refractivity contribution >= 4 is 17.5 Å². The molecule has 2 rings (SSSR count). The molecule has 0 spiro atoms. The molecule has 0 saturated heterocycles. The molecule has 0 amide bonds. The Morgan fingerprint density at radius 2 is 1.71 bits per heavy atom. The monoisotopic (exact) mass is 365 g/mol. The van der Waals surface area contributed by atoms with Crippen LogP contribution < -0.4 is 0 Å². The van der Waals surface area contributed by atoms with E-state index in [4.69, 9.17) is 0 Å². The second-order valence-electron chi connectivity index (χ2n) is 4.64. The molecule has 0 N–H and O–H groups in total. The van der Waals surface area contributed by atoms with Gasteiger partial charge in [-0.05, 0) is 24.3 Å². The van der Waals surface area contributed by atoms with Gasteiger partial charge in [-0.1, -0.05) is 23.9 Å². The van der Waals surface area contributed by atoms with Crippen molar-refractivity contribution < 1.29 is 31.1 Å². The Balaban J connectivity index is 2.15. The van der Waals surface area contributed by atoms with Crippen molar-refractivity contribution in [1.82, 2.24) is 4.98 Å². The van der Waals surface area contributed by atoms with E-state index in [9.17, 15) is 31.1 Å². The van der Waals surface area contributed by atoms with E-state index in [0.717, 1.165) is 30.5 Å². The minimum atomic E-state index is -4.63. The molecule has 0 radical (unpaired) electrons. The summed E-state index contributed by atoms with van der Waals surface area (Å²) in [6, 6.07) is 5.67. The number of carbonyl (C=O) groups is 1. The van der Waals surface area contributed by atoms with Gasteiger partial charge in [-0.15, -0.1) is 0 Å². The van der Waals surface area contributed by atoms with Crippen LogP contribution in [0.3, 0.4) is 0 Å². The summed E-state index contributed by atoms with van der Waals surface area (Å²) in [7, 11) is 0. The smallest absolute Gasteiger partial charge is 0.293 e. The van der Waals surface area contributed by atoms with E-state index in [1.165, 1.54) is 6.07 Å². The summed E-state index contributed by atoms with van der Waals surface area (Å²) >= 11 is 0.528. The molecular weight excluding hydrogens is 356 g/mol. The zero-order valence-corrected chi connectivity index (χ0v) is 12.6. The van der Waals surface area contributed by atoms with E-state index in [0.29, 0.717) is 17.8 Å². The third kappa shape index (κ3) is 4.50. The van der Waals surface area contributed by atoms with Crippen LogP contribution in [0.1, 0.15) is 21.5 Å². The molecule has 128 valence electrons. The largest absolute Gasteiger partial charge is 0.419 e. The van der Waals surface area contributed by atoms with E-state index in [-0.39, 0.29) is 5.56 Å². The Bertz CT molecular complexity index is 741. The molecule has 0 unspecified atom stereocenters. The molecule has 0 aliphatic carbocycles. The predicted molar refractivity (Wildman–Crippen MR) is 75.7 cm³/mol. The molecule has 9 heteroatoms. The van der Waals surface area contributed by atoms with Gasteiger partial charge in [-0.3, -0.25) is 4.79 Å². The quantitative estimate of drug-likeness (QED) is 0.429. The summed E-state index contributed by atoms with van der Waals surface area (Å²) in [6.45, 7) is 0. The maximum absolute atomic E-state index is 12.8. The molecule has 0 aliphatic heterocycles. The molecule has 0 saturated carbocycles. The molecule has 24 heavy (non-hydrogen) atoms. The van der Waals surface area contributed by atoms with Gasteiger partial charge in [0.15, 0.2) is 5.78 Å². The molecule has 1 aromatic heterocycles. The fraction of sp³-hybridized carbons (Fsp3) is 0.200. The first-order valence-electron chi connectivity index (χ1n) is 6.44. The summed E-state index contributed by atoms with van der Waals surface area (Å²) in [5.41, 5.74) is -2.21. The number of rotatable bonds is 4. The molecular formula is C15H9F6NOS. The van der Waals surface area contributed by atoms with E-state index >= 15 is 0 Å². The Kier molecular flexibility index (Phi) is 5.22.